The zero-order valence-electron chi connectivity index (χ0n) is 72.9. The van der Waals surface area contributed by atoms with Gasteiger partial charge in [0.15, 0.2) is 0 Å². The minimum atomic E-state index is 0.847. The quantitative estimate of drug-likeness (QED) is 0.120. The summed E-state index contributed by atoms with van der Waals surface area (Å²) in [5.41, 5.74) is 30.7. The van der Waals surface area contributed by atoms with Crippen molar-refractivity contribution in [2.75, 3.05) is 0 Å². The summed E-state index contributed by atoms with van der Waals surface area (Å²) in [4.78, 5) is 34.9. The molecule has 26 aromatic rings. The molecule has 134 heavy (non-hydrogen) atoms. The van der Waals surface area contributed by atoms with E-state index in [1.165, 1.54) is 98.0 Å². The van der Waals surface area contributed by atoms with Gasteiger partial charge in [-0.25, -0.2) is 24.9 Å². The van der Waals surface area contributed by atoms with Gasteiger partial charge in [0.1, 0.15) is 0 Å². The van der Waals surface area contributed by atoms with Gasteiger partial charge in [0.05, 0.1) is 67.4 Å². The van der Waals surface area contributed by atoms with Gasteiger partial charge in [-0.3, -0.25) is 9.97 Å². The molecule has 0 radical (unpaired) electrons. The van der Waals surface area contributed by atoms with E-state index in [0.29, 0.717) is 0 Å². The highest BCUT2D eigenvalue weighted by Gasteiger charge is 2.20. The first-order valence-corrected chi connectivity index (χ1v) is 45.4. The predicted molar refractivity (Wildman–Crippen MR) is 562 cm³/mol. The predicted octanol–water partition coefficient (Wildman–Crippen LogP) is 33.5. The van der Waals surface area contributed by atoms with Crippen LogP contribution in [0.15, 0.2) is 492 Å². The summed E-state index contributed by atoms with van der Waals surface area (Å²) in [7, 11) is 0. The van der Waals surface area contributed by atoms with Gasteiger partial charge in [0.2, 0.25) is 0 Å². The number of para-hydroxylation sites is 2. The van der Waals surface area contributed by atoms with E-state index in [-0.39, 0.29) is 0 Å². The molecule has 0 fully saturated rings. The van der Waals surface area contributed by atoms with E-state index in [1.807, 2.05) is 60.9 Å². The summed E-state index contributed by atoms with van der Waals surface area (Å²) < 4.78 is 0. The Morgan fingerprint density at radius 3 is 0.806 bits per heavy atom. The molecule has 0 saturated heterocycles. The minimum Gasteiger partial charge on any atom is -0.256 e. The van der Waals surface area contributed by atoms with Crippen LogP contribution in [0.3, 0.4) is 0 Å². The number of nitrogens with zero attached hydrogens (tertiary/aromatic N) is 7. The Bertz CT molecular complexity index is 9080. The van der Waals surface area contributed by atoms with Crippen LogP contribution in [-0.4, -0.2) is 34.9 Å². The number of fused-ring (bicyclic) bond motifs is 11. The van der Waals surface area contributed by atoms with Crippen LogP contribution in [0.5, 0.6) is 0 Å². The van der Waals surface area contributed by atoms with Crippen molar-refractivity contribution in [2.45, 2.75) is 0 Å². The summed E-state index contributed by atoms with van der Waals surface area (Å²) in [6.07, 6.45) is 3.80. The normalized spacial score (nSPS) is 11.4. The highest BCUT2D eigenvalue weighted by atomic mass is 14.8. The molecular weight excluding hydrogens is 1620 g/mol. The molecule has 7 nitrogen and oxygen atoms in total. The Kier molecular flexibility index (Phi) is 20.5. The van der Waals surface area contributed by atoms with E-state index in [2.05, 4.69) is 436 Å². The molecule has 0 amide bonds. The van der Waals surface area contributed by atoms with Crippen LogP contribution in [0.1, 0.15) is 0 Å². The first-order chi connectivity index (χ1) is 66.3. The van der Waals surface area contributed by atoms with Crippen LogP contribution in [0, 0.1) is 0 Å². The minimum absolute atomic E-state index is 0.847. The fraction of sp³-hybridized carbons (Fsp3) is 0. The monoisotopic (exact) mass is 1700 g/mol. The van der Waals surface area contributed by atoms with E-state index in [1.54, 1.807) is 0 Å². The van der Waals surface area contributed by atoms with Crippen molar-refractivity contribution in [3.63, 3.8) is 0 Å². The van der Waals surface area contributed by atoms with E-state index in [0.717, 1.165) is 156 Å². The van der Waals surface area contributed by atoms with Gasteiger partial charge in [0.25, 0.3) is 0 Å². The fourth-order valence-electron chi connectivity index (χ4n) is 18.9. The van der Waals surface area contributed by atoms with Crippen molar-refractivity contribution < 1.29 is 0 Å². The van der Waals surface area contributed by atoms with Crippen molar-refractivity contribution >= 4 is 119 Å². The van der Waals surface area contributed by atoms with Crippen molar-refractivity contribution in [1.29, 1.82) is 0 Å². The number of rotatable bonds is 12. The Labute approximate surface area is 774 Å². The summed E-state index contributed by atoms with van der Waals surface area (Å²) in [6, 6.07) is 170. The van der Waals surface area contributed by atoms with Crippen LogP contribution < -0.4 is 0 Å². The second-order valence-electron chi connectivity index (χ2n) is 34.3. The maximum atomic E-state index is 5.23. The lowest BCUT2D eigenvalue weighted by atomic mass is 9.93. The SMILES string of the molecule is c1cc(-c2ccc3ccccc3n2)cc(-c2cc(-c3ccc4ccccc4c3)nc3ccc(-c4ccc5ccccc5c4)cc23)c1.c1ccc(-c2ccc(-c3cc(-c4ccc5ccccc5c4)nc4ccc(-c5ccc6ccccc6c5)cc34)cc2)nc1.c1ccc2cc(-c3ccc4nc(-c5ccc6ccccc6c5)cc(-c5ccc(-c6ccc7ccccc7n6)nc5)c4c3)ccc2c1. The molecule has 624 valence electrons. The van der Waals surface area contributed by atoms with E-state index >= 15 is 0 Å². The molecule has 0 N–H and O–H groups in total. The third-order valence-corrected chi connectivity index (χ3v) is 26.0. The maximum Gasteiger partial charge on any atom is 0.0893 e. The van der Waals surface area contributed by atoms with Gasteiger partial charge in [-0.2, -0.15) is 0 Å². The molecule has 0 aliphatic rings. The van der Waals surface area contributed by atoms with E-state index < -0.39 is 0 Å². The van der Waals surface area contributed by atoms with E-state index in [4.69, 9.17) is 29.9 Å². The molecule has 0 unspecified atom stereocenters. The average Bonchev–Trinajstić information content (AvgIpc) is 0.772. The Hall–Kier alpha value is -17.9. The molecule has 0 bridgehead atoms. The molecular formula is C127H81N7. The second-order valence-corrected chi connectivity index (χ2v) is 34.3. The lowest BCUT2D eigenvalue weighted by molar-refractivity contribution is 1.28. The third-order valence-electron chi connectivity index (χ3n) is 26.0. The first-order valence-electron chi connectivity index (χ1n) is 45.4. The van der Waals surface area contributed by atoms with Gasteiger partial charge < -0.3 is 0 Å². The number of hydrogen-bond donors (Lipinski definition) is 0. The van der Waals surface area contributed by atoms with Crippen molar-refractivity contribution in [3.8, 4) is 134 Å². The highest BCUT2D eigenvalue weighted by molar-refractivity contribution is 6.05. The molecule has 7 heteroatoms. The number of benzene rings is 19. The molecule has 19 aromatic carbocycles. The van der Waals surface area contributed by atoms with Gasteiger partial charge in [-0.15, -0.1) is 0 Å². The van der Waals surface area contributed by atoms with Crippen LogP contribution in [0.4, 0.5) is 0 Å². The standard InChI is InChI=1S/C44H28N2.C43H27N3.C40H26N2/c1-3-11-32-24-34(18-16-29(32)8-1)35-21-23-43-40(27-35)39(28-44(46-43)38-19-17-30-9-2-4-12-33(30)25-38)36-13-7-14-37(26-36)42-22-20-31-10-5-6-15-41(31)45-42;1-3-10-31-23-33(15-13-28(31)7-1)34-18-20-40-38(25-34)37(26-43(46-40)35-16-14-29-8-2-4-11-32(29)24-35)36-19-21-41(44-27-36)42-22-17-30-9-5-6-12-39(30)45-42;1-3-9-31-23-33(18-12-27(31)7-1)34-20-21-39-37(25-34)36(29-14-16-30(17-15-29)38-11-5-6-22-41-38)26-40(42-39)35-19-13-28-8-2-4-10-32(28)24-35/h1-28H;1-27H;1-26H. The Morgan fingerprint density at radius 1 is 0.119 bits per heavy atom. The van der Waals surface area contributed by atoms with Crippen molar-refractivity contribution in [3.05, 3.63) is 492 Å². The lowest BCUT2D eigenvalue weighted by Crippen LogP contribution is -1.93. The summed E-state index contributed by atoms with van der Waals surface area (Å²) >= 11 is 0. The van der Waals surface area contributed by atoms with E-state index in [9.17, 15) is 0 Å². The topological polar surface area (TPSA) is 90.2 Å². The number of pyridine rings is 7. The maximum absolute atomic E-state index is 5.23. The van der Waals surface area contributed by atoms with Gasteiger partial charge in [0, 0.05) is 72.7 Å². The lowest BCUT2D eigenvalue weighted by Gasteiger charge is -2.14. The molecule has 7 heterocycles. The summed E-state index contributed by atoms with van der Waals surface area (Å²) in [5, 5.41) is 20.3. The van der Waals surface area contributed by atoms with Crippen LogP contribution >= 0.6 is 0 Å². The third kappa shape index (κ3) is 15.9. The zero-order chi connectivity index (χ0) is 88.8. The smallest absolute Gasteiger partial charge is 0.0893 e. The van der Waals surface area contributed by atoms with Crippen LogP contribution in [-0.2, 0) is 0 Å². The van der Waals surface area contributed by atoms with Gasteiger partial charge in [-0.05, 0) is 265 Å². The van der Waals surface area contributed by atoms with Gasteiger partial charge in [-0.1, -0.05) is 340 Å². The summed E-state index contributed by atoms with van der Waals surface area (Å²) in [6.45, 7) is 0. The Balaban J connectivity index is 0.000000111. The zero-order valence-corrected chi connectivity index (χ0v) is 72.9. The molecule has 7 aromatic heterocycles. The molecule has 0 spiro atoms. The first kappa shape index (κ1) is 79.5. The highest BCUT2D eigenvalue weighted by Crippen LogP contribution is 2.43. The largest absolute Gasteiger partial charge is 0.256 e. The summed E-state index contributed by atoms with van der Waals surface area (Å²) in [5.74, 6) is 0. The van der Waals surface area contributed by atoms with Gasteiger partial charge >= 0.3 is 0 Å². The van der Waals surface area contributed by atoms with Crippen molar-refractivity contribution in [1.82, 2.24) is 34.9 Å². The fourth-order valence-corrected chi connectivity index (χ4v) is 18.9. The number of aromatic nitrogens is 7. The Morgan fingerprint density at radius 2 is 0.403 bits per heavy atom. The molecule has 0 aliphatic carbocycles. The molecule has 0 atom stereocenters. The van der Waals surface area contributed by atoms with Crippen LogP contribution in [0.2, 0.25) is 0 Å². The number of hydrogen-bond acceptors (Lipinski definition) is 7. The van der Waals surface area contributed by atoms with Crippen molar-refractivity contribution in [2.24, 2.45) is 0 Å². The molecule has 26 rings (SSSR count). The molecule has 0 saturated carbocycles. The van der Waals surface area contributed by atoms with Crippen LogP contribution in [0.25, 0.3) is 254 Å². The average molecular weight is 1710 g/mol. The second kappa shape index (κ2) is 34.6. The molecule has 0 aliphatic heterocycles.